The van der Waals surface area contributed by atoms with Crippen LogP contribution in [0, 0.1) is 5.92 Å². The Bertz CT molecular complexity index is 961. The quantitative estimate of drug-likeness (QED) is 0.764. The molecule has 0 spiro atoms. The first-order chi connectivity index (χ1) is 13.3. The van der Waals surface area contributed by atoms with Crippen LogP contribution in [0.15, 0.2) is 43.1 Å². The van der Waals surface area contributed by atoms with E-state index in [1.807, 2.05) is 29.0 Å². The molecule has 0 aromatic carbocycles. The highest BCUT2D eigenvalue weighted by Gasteiger charge is 2.35. The monoisotopic (exact) mass is 362 g/mol. The second-order valence-electron chi connectivity index (χ2n) is 7.52. The highest BCUT2D eigenvalue weighted by molar-refractivity contribution is 5.96. The molecule has 6 heterocycles. The van der Waals surface area contributed by atoms with Crippen LogP contribution >= 0.6 is 0 Å². The SMILES string of the molecule is O=C(NC1CN2CCC1CC2)c1cnc2c(c1)ncn2Cc1cccnc1. The van der Waals surface area contributed by atoms with Crippen LogP contribution in [-0.2, 0) is 6.54 Å². The van der Waals surface area contributed by atoms with E-state index in [4.69, 9.17) is 0 Å². The number of carbonyl (C=O) groups excluding carboxylic acids is 1. The summed E-state index contributed by atoms with van der Waals surface area (Å²) in [6, 6.07) is 6.02. The van der Waals surface area contributed by atoms with E-state index < -0.39 is 0 Å². The minimum Gasteiger partial charge on any atom is -0.348 e. The summed E-state index contributed by atoms with van der Waals surface area (Å²) in [5.74, 6) is 0.555. The lowest BCUT2D eigenvalue weighted by atomic mass is 9.84. The fraction of sp³-hybridized carbons (Fsp3) is 0.400. The van der Waals surface area contributed by atoms with E-state index in [-0.39, 0.29) is 11.9 Å². The summed E-state index contributed by atoms with van der Waals surface area (Å²) in [6.07, 6.45) is 9.37. The third-order valence-corrected chi connectivity index (χ3v) is 5.77. The molecule has 138 valence electrons. The summed E-state index contributed by atoms with van der Waals surface area (Å²) < 4.78 is 1.97. The first kappa shape index (κ1) is 16.4. The second-order valence-corrected chi connectivity index (χ2v) is 7.52. The van der Waals surface area contributed by atoms with E-state index in [0.29, 0.717) is 18.0 Å². The first-order valence-electron chi connectivity index (χ1n) is 9.49. The molecule has 27 heavy (non-hydrogen) atoms. The summed E-state index contributed by atoms with van der Waals surface area (Å²) >= 11 is 0. The molecule has 6 rings (SSSR count). The van der Waals surface area contributed by atoms with Gasteiger partial charge >= 0.3 is 0 Å². The number of carbonyl (C=O) groups is 1. The van der Waals surface area contributed by atoms with Crippen molar-refractivity contribution >= 4 is 17.1 Å². The van der Waals surface area contributed by atoms with Crippen molar-refractivity contribution in [3.05, 3.63) is 54.2 Å². The largest absolute Gasteiger partial charge is 0.348 e. The van der Waals surface area contributed by atoms with Gasteiger partial charge in [0.05, 0.1) is 18.4 Å². The van der Waals surface area contributed by atoms with Gasteiger partial charge in [-0.1, -0.05) is 6.07 Å². The van der Waals surface area contributed by atoms with E-state index in [0.717, 1.165) is 23.3 Å². The number of nitrogens with zero attached hydrogens (tertiary/aromatic N) is 5. The number of pyridine rings is 2. The predicted molar refractivity (Wildman–Crippen MR) is 101 cm³/mol. The Labute approximate surface area is 157 Å². The summed E-state index contributed by atoms with van der Waals surface area (Å²) in [7, 11) is 0. The molecule has 1 atom stereocenters. The molecule has 3 aromatic heterocycles. The number of amides is 1. The molecule has 1 unspecified atom stereocenters. The average molecular weight is 362 g/mol. The number of piperidine rings is 3. The Morgan fingerprint density at radius 2 is 2.11 bits per heavy atom. The van der Waals surface area contributed by atoms with Crippen LogP contribution in [-0.4, -0.2) is 56.0 Å². The van der Waals surface area contributed by atoms with E-state index in [2.05, 4.69) is 25.2 Å². The number of rotatable bonds is 4. The molecular formula is C20H22N6O. The molecule has 0 radical (unpaired) electrons. The summed E-state index contributed by atoms with van der Waals surface area (Å²) in [5, 5.41) is 3.21. The maximum atomic E-state index is 12.7. The van der Waals surface area contributed by atoms with Gasteiger partial charge in [0.1, 0.15) is 5.52 Å². The lowest BCUT2D eigenvalue weighted by Crippen LogP contribution is -2.57. The van der Waals surface area contributed by atoms with Crippen molar-refractivity contribution in [2.24, 2.45) is 5.92 Å². The third kappa shape index (κ3) is 3.19. The Morgan fingerprint density at radius 3 is 2.85 bits per heavy atom. The van der Waals surface area contributed by atoms with Crippen molar-refractivity contribution in [3.63, 3.8) is 0 Å². The average Bonchev–Trinajstić information content (AvgIpc) is 3.12. The Morgan fingerprint density at radius 1 is 1.22 bits per heavy atom. The number of nitrogens with one attached hydrogen (secondary N) is 1. The molecule has 7 nitrogen and oxygen atoms in total. The van der Waals surface area contributed by atoms with E-state index in [1.54, 1.807) is 18.7 Å². The topological polar surface area (TPSA) is 75.9 Å². The Kier molecular flexibility index (Phi) is 4.09. The molecule has 3 aromatic rings. The second kappa shape index (κ2) is 6.74. The lowest BCUT2D eigenvalue weighted by Gasteiger charge is -2.44. The zero-order valence-corrected chi connectivity index (χ0v) is 15.1. The minimum atomic E-state index is -0.0510. The molecule has 0 saturated carbocycles. The van der Waals surface area contributed by atoms with Crippen LogP contribution in [0.3, 0.4) is 0 Å². The van der Waals surface area contributed by atoms with E-state index in [9.17, 15) is 4.79 Å². The van der Waals surface area contributed by atoms with Crippen LogP contribution in [0.2, 0.25) is 0 Å². The van der Waals surface area contributed by atoms with Crippen LogP contribution in [0.25, 0.3) is 11.2 Å². The van der Waals surface area contributed by atoms with Crippen molar-refractivity contribution in [1.29, 1.82) is 0 Å². The van der Waals surface area contributed by atoms with Gasteiger partial charge in [-0.3, -0.25) is 9.78 Å². The molecule has 0 aliphatic carbocycles. The highest BCUT2D eigenvalue weighted by Crippen LogP contribution is 2.27. The van der Waals surface area contributed by atoms with E-state index in [1.165, 1.54) is 25.9 Å². The molecule has 2 bridgehead atoms. The zero-order valence-electron chi connectivity index (χ0n) is 15.1. The van der Waals surface area contributed by atoms with Gasteiger partial charge in [0.25, 0.3) is 5.91 Å². The number of hydrogen-bond donors (Lipinski definition) is 1. The molecule has 3 saturated heterocycles. The third-order valence-electron chi connectivity index (χ3n) is 5.77. The van der Waals surface area contributed by atoms with E-state index >= 15 is 0 Å². The van der Waals surface area contributed by atoms with Crippen molar-refractivity contribution in [2.45, 2.75) is 25.4 Å². The number of hydrogen-bond acceptors (Lipinski definition) is 5. The van der Waals surface area contributed by atoms with Gasteiger partial charge in [-0.2, -0.15) is 0 Å². The van der Waals surface area contributed by atoms with Gasteiger partial charge in [0, 0.05) is 31.2 Å². The van der Waals surface area contributed by atoms with Gasteiger partial charge in [-0.05, 0) is 49.5 Å². The molecular weight excluding hydrogens is 340 g/mol. The molecule has 1 N–H and O–H groups in total. The molecule has 3 fully saturated rings. The van der Waals surface area contributed by atoms with Gasteiger partial charge < -0.3 is 14.8 Å². The van der Waals surface area contributed by atoms with Gasteiger partial charge in [-0.15, -0.1) is 0 Å². The van der Waals surface area contributed by atoms with Crippen LogP contribution in [0.5, 0.6) is 0 Å². The van der Waals surface area contributed by atoms with Gasteiger partial charge in [0.15, 0.2) is 5.65 Å². The van der Waals surface area contributed by atoms with Gasteiger partial charge in [-0.25, -0.2) is 9.97 Å². The number of aromatic nitrogens is 4. The number of fused-ring (bicyclic) bond motifs is 4. The maximum Gasteiger partial charge on any atom is 0.253 e. The van der Waals surface area contributed by atoms with Crippen molar-refractivity contribution in [1.82, 2.24) is 29.7 Å². The normalized spacial score (nSPS) is 24.2. The first-order valence-corrected chi connectivity index (χ1v) is 9.49. The maximum absolute atomic E-state index is 12.7. The summed E-state index contributed by atoms with van der Waals surface area (Å²) in [5.41, 5.74) is 3.17. The van der Waals surface area contributed by atoms with Crippen molar-refractivity contribution in [2.75, 3.05) is 19.6 Å². The van der Waals surface area contributed by atoms with Crippen LogP contribution < -0.4 is 5.32 Å². The van der Waals surface area contributed by atoms with Crippen LogP contribution in [0.1, 0.15) is 28.8 Å². The highest BCUT2D eigenvalue weighted by atomic mass is 16.1. The van der Waals surface area contributed by atoms with Crippen molar-refractivity contribution in [3.8, 4) is 0 Å². The number of imidazole rings is 1. The lowest BCUT2D eigenvalue weighted by molar-refractivity contribution is 0.0620. The fourth-order valence-electron chi connectivity index (χ4n) is 4.26. The fourth-order valence-corrected chi connectivity index (χ4v) is 4.26. The van der Waals surface area contributed by atoms with Crippen LogP contribution in [0.4, 0.5) is 0 Å². The summed E-state index contributed by atoms with van der Waals surface area (Å²) in [4.78, 5) is 28.2. The molecule has 3 aliphatic heterocycles. The van der Waals surface area contributed by atoms with Gasteiger partial charge in [0.2, 0.25) is 0 Å². The molecule has 1 amide bonds. The minimum absolute atomic E-state index is 0.0510. The molecule has 3 aliphatic rings. The standard InChI is InChI=1S/C20H22N6O/c27-20(24-18-12-25-6-3-15(18)4-7-25)16-8-17-19(22-10-16)26(13-23-17)11-14-2-1-5-21-9-14/h1-2,5,8-10,13,15,18H,3-4,6-7,11-12H2,(H,24,27). The summed E-state index contributed by atoms with van der Waals surface area (Å²) in [6.45, 7) is 3.95. The smallest absolute Gasteiger partial charge is 0.253 e. The predicted octanol–water partition coefficient (Wildman–Crippen LogP) is 1.70. The zero-order chi connectivity index (χ0) is 18.2. The Balaban J connectivity index is 1.33. The molecule has 7 heteroatoms. The van der Waals surface area contributed by atoms with Crippen molar-refractivity contribution < 1.29 is 4.79 Å². The Hall–Kier alpha value is -2.80.